The fraction of sp³-hybridized carbons (Fsp3) is 0.236. The average molecular weight is 739 g/mol. The zero-order valence-electron chi connectivity index (χ0n) is 33.3. The zero-order chi connectivity index (χ0) is 38.1. The molecule has 0 saturated carbocycles. The lowest BCUT2D eigenvalue weighted by atomic mass is 9.79. The molecule has 8 aromatic carbocycles. The molecule has 0 bridgehead atoms. The van der Waals surface area contributed by atoms with Gasteiger partial charge in [-0.05, 0) is 169 Å². The second-order valence-electron chi connectivity index (χ2n) is 17.4. The molecule has 0 unspecified atom stereocenters. The van der Waals surface area contributed by atoms with E-state index in [-0.39, 0.29) is 5.41 Å². The Bertz CT molecular complexity index is 2830. The van der Waals surface area contributed by atoms with Crippen LogP contribution >= 0.6 is 0 Å². The summed E-state index contributed by atoms with van der Waals surface area (Å²) in [6.45, 7) is 9.36. The van der Waals surface area contributed by atoms with E-state index in [1.807, 2.05) is 0 Å². The number of rotatable bonds is 5. The van der Waals surface area contributed by atoms with Crippen molar-refractivity contribution in [3.05, 3.63) is 157 Å². The summed E-state index contributed by atoms with van der Waals surface area (Å²) in [4.78, 5) is 5.24. The maximum absolute atomic E-state index is 2.62. The topological polar surface area (TPSA) is 6.48 Å². The molecule has 280 valence electrons. The molecule has 3 aliphatic rings. The second kappa shape index (κ2) is 13.7. The summed E-state index contributed by atoms with van der Waals surface area (Å²) in [5, 5.41) is 7.93. The van der Waals surface area contributed by atoms with Gasteiger partial charge in [0.05, 0.1) is 0 Å². The fourth-order valence-corrected chi connectivity index (χ4v) is 10.6. The van der Waals surface area contributed by atoms with E-state index in [1.54, 1.807) is 0 Å². The van der Waals surface area contributed by atoms with Gasteiger partial charge in [0.25, 0.3) is 0 Å². The van der Waals surface area contributed by atoms with Crippen molar-refractivity contribution in [2.24, 2.45) is 0 Å². The van der Waals surface area contributed by atoms with Gasteiger partial charge in [-0.15, -0.1) is 0 Å². The Morgan fingerprint density at radius 3 is 1.46 bits per heavy atom. The highest BCUT2D eigenvalue weighted by molar-refractivity contribution is 6.23. The van der Waals surface area contributed by atoms with Crippen molar-refractivity contribution in [1.29, 1.82) is 0 Å². The summed E-state index contributed by atoms with van der Waals surface area (Å²) in [6.07, 6.45) is 7.70. The molecule has 0 N–H and O–H groups in total. The quantitative estimate of drug-likeness (QED) is 0.162. The Morgan fingerprint density at radius 2 is 0.860 bits per heavy atom. The molecule has 2 heterocycles. The van der Waals surface area contributed by atoms with Crippen molar-refractivity contribution in [2.75, 3.05) is 36.0 Å². The van der Waals surface area contributed by atoms with Gasteiger partial charge in [-0.2, -0.15) is 0 Å². The third kappa shape index (κ3) is 5.75. The zero-order valence-corrected chi connectivity index (χ0v) is 33.3. The van der Waals surface area contributed by atoms with Crippen LogP contribution in [-0.4, -0.2) is 26.2 Å². The van der Waals surface area contributed by atoms with Crippen LogP contribution in [0.2, 0.25) is 0 Å². The second-order valence-corrected chi connectivity index (χ2v) is 17.4. The van der Waals surface area contributed by atoms with Crippen molar-refractivity contribution in [2.45, 2.75) is 57.8 Å². The van der Waals surface area contributed by atoms with E-state index in [4.69, 9.17) is 0 Å². The van der Waals surface area contributed by atoms with Gasteiger partial charge < -0.3 is 9.80 Å². The van der Waals surface area contributed by atoms with Gasteiger partial charge in [0.1, 0.15) is 0 Å². The number of piperidine rings is 2. The van der Waals surface area contributed by atoms with Crippen molar-refractivity contribution in [3.63, 3.8) is 0 Å². The van der Waals surface area contributed by atoms with E-state index >= 15 is 0 Å². The van der Waals surface area contributed by atoms with Crippen LogP contribution in [0, 0.1) is 0 Å². The molecule has 57 heavy (non-hydrogen) atoms. The van der Waals surface area contributed by atoms with Crippen LogP contribution in [0.5, 0.6) is 0 Å². The largest absolute Gasteiger partial charge is 0.372 e. The Balaban J connectivity index is 1.17. The summed E-state index contributed by atoms with van der Waals surface area (Å²) >= 11 is 0. The molecule has 0 radical (unpaired) electrons. The van der Waals surface area contributed by atoms with E-state index in [2.05, 4.69) is 169 Å². The summed E-state index contributed by atoms with van der Waals surface area (Å²) in [5.41, 5.74) is 16.0. The van der Waals surface area contributed by atoms with Gasteiger partial charge in [0.2, 0.25) is 0 Å². The standard InChI is InChI=1S/C55H50N2/c1-55(2)51-33-40(37-14-6-3-7-15-37)20-24-45(51)46-25-21-42(34-52(46)55)54-48-27-23-43(56-28-10-4-11-29-56)35-49(48)53(41-19-18-38-16-8-9-17-39(38)32-41)47-26-22-44(36-50(47)54)57-30-12-5-13-31-57/h3,6-9,14-27,32-36H,4-5,10-13,28-31H2,1-2H3. The lowest BCUT2D eigenvalue weighted by Crippen LogP contribution is -2.29. The SMILES string of the molecule is CC1(C)c2cc(-c3ccccc3)ccc2-c2ccc(-c3c4ccc(N5CCCCC5)cc4c(-c4ccc5ccccc5c4)c4ccc(N5CCCCC5)cc34)cc21. The van der Waals surface area contributed by atoms with Gasteiger partial charge in [-0.25, -0.2) is 0 Å². The first-order valence-corrected chi connectivity index (χ1v) is 21.4. The molecule has 2 fully saturated rings. The van der Waals surface area contributed by atoms with Crippen LogP contribution < -0.4 is 9.80 Å². The normalized spacial score (nSPS) is 16.3. The maximum Gasteiger partial charge on any atom is 0.0372 e. The lowest BCUT2D eigenvalue weighted by Gasteiger charge is -2.30. The van der Waals surface area contributed by atoms with Crippen molar-refractivity contribution >= 4 is 43.7 Å². The van der Waals surface area contributed by atoms with E-state index in [0.29, 0.717) is 0 Å². The molecular formula is C55H50N2. The van der Waals surface area contributed by atoms with Crippen molar-refractivity contribution < 1.29 is 0 Å². The minimum absolute atomic E-state index is 0.136. The molecule has 11 rings (SSSR count). The lowest BCUT2D eigenvalue weighted by molar-refractivity contribution is 0.578. The van der Waals surface area contributed by atoms with Crippen molar-refractivity contribution in [1.82, 2.24) is 0 Å². The van der Waals surface area contributed by atoms with E-state index in [1.165, 1.54) is 138 Å². The number of nitrogens with zero attached hydrogens (tertiary/aromatic N) is 2. The number of hydrogen-bond donors (Lipinski definition) is 0. The number of benzene rings is 8. The van der Waals surface area contributed by atoms with E-state index in [9.17, 15) is 0 Å². The van der Waals surface area contributed by atoms with Gasteiger partial charge in [0.15, 0.2) is 0 Å². The fourth-order valence-electron chi connectivity index (χ4n) is 10.6. The third-order valence-electron chi connectivity index (χ3n) is 13.6. The van der Waals surface area contributed by atoms with Crippen LogP contribution in [0.1, 0.15) is 63.5 Å². The molecule has 8 aromatic rings. The summed E-state index contributed by atoms with van der Waals surface area (Å²) in [5.74, 6) is 0. The molecule has 2 nitrogen and oxygen atoms in total. The molecule has 0 atom stereocenters. The first kappa shape index (κ1) is 34.4. The maximum atomic E-state index is 2.62. The van der Waals surface area contributed by atoms with Crippen LogP contribution in [0.4, 0.5) is 11.4 Å². The molecule has 0 amide bonds. The summed E-state index contributed by atoms with van der Waals surface area (Å²) in [6, 6.07) is 56.1. The predicted octanol–water partition coefficient (Wildman–Crippen LogP) is 14.4. The minimum Gasteiger partial charge on any atom is -0.372 e. The van der Waals surface area contributed by atoms with Crippen LogP contribution in [0.25, 0.3) is 76.8 Å². The summed E-state index contributed by atoms with van der Waals surface area (Å²) in [7, 11) is 0. The average Bonchev–Trinajstić information content (AvgIpc) is 3.50. The van der Waals surface area contributed by atoms with Crippen LogP contribution in [-0.2, 0) is 5.41 Å². The molecular weight excluding hydrogens is 689 g/mol. The van der Waals surface area contributed by atoms with E-state index in [0.717, 1.165) is 26.2 Å². The van der Waals surface area contributed by atoms with Gasteiger partial charge in [-0.1, -0.05) is 117 Å². The number of anilines is 2. The number of hydrogen-bond acceptors (Lipinski definition) is 2. The highest BCUT2D eigenvalue weighted by atomic mass is 15.1. The molecule has 2 aliphatic heterocycles. The Morgan fingerprint density at radius 1 is 0.368 bits per heavy atom. The molecule has 2 heteroatoms. The molecule has 2 saturated heterocycles. The van der Waals surface area contributed by atoms with Gasteiger partial charge in [0, 0.05) is 43.0 Å². The predicted molar refractivity (Wildman–Crippen MR) is 245 cm³/mol. The Hall–Kier alpha value is -5.86. The molecule has 1 aliphatic carbocycles. The van der Waals surface area contributed by atoms with Gasteiger partial charge >= 0.3 is 0 Å². The third-order valence-corrected chi connectivity index (χ3v) is 13.6. The highest BCUT2D eigenvalue weighted by Gasteiger charge is 2.36. The Kier molecular flexibility index (Phi) is 8.24. The monoisotopic (exact) mass is 738 g/mol. The number of fused-ring (bicyclic) bond motifs is 6. The van der Waals surface area contributed by atoms with Crippen LogP contribution in [0.3, 0.4) is 0 Å². The molecule has 0 spiro atoms. The smallest absolute Gasteiger partial charge is 0.0372 e. The minimum atomic E-state index is -0.136. The summed E-state index contributed by atoms with van der Waals surface area (Å²) < 4.78 is 0. The Labute approximate surface area is 337 Å². The highest BCUT2D eigenvalue weighted by Crippen LogP contribution is 2.53. The van der Waals surface area contributed by atoms with Gasteiger partial charge in [-0.3, -0.25) is 0 Å². The van der Waals surface area contributed by atoms with Crippen LogP contribution in [0.15, 0.2) is 146 Å². The first-order chi connectivity index (χ1) is 28.0. The van der Waals surface area contributed by atoms with E-state index < -0.39 is 0 Å². The molecule has 0 aromatic heterocycles. The van der Waals surface area contributed by atoms with Crippen molar-refractivity contribution in [3.8, 4) is 44.5 Å². The first-order valence-electron chi connectivity index (χ1n) is 21.4.